The van der Waals surface area contributed by atoms with Crippen molar-refractivity contribution in [3.63, 3.8) is 0 Å². The summed E-state index contributed by atoms with van der Waals surface area (Å²) in [6.45, 7) is 1.80. The molecule has 0 spiro atoms. The van der Waals surface area contributed by atoms with Crippen molar-refractivity contribution < 1.29 is 13.9 Å². The Morgan fingerprint density at radius 2 is 2.00 bits per heavy atom. The van der Waals surface area contributed by atoms with Gasteiger partial charge in [-0.2, -0.15) is 0 Å². The van der Waals surface area contributed by atoms with Gasteiger partial charge in [-0.15, -0.1) is 0 Å². The van der Waals surface area contributed by atoms with Crippen LogP contribution in [0, 0.1) is 5.82 Å². The highest BCUT2D eigenvalue weighted by molar-refractivity contribution is 6.31. The summed E-state index contributed by atoms with van der Waals surface area (Å²) in [6, 6.07) is 10.9. The van der Waals surface area contributed by atoms with Gasteiger partial charge in [0, 0.05) is 10.6 Å². The highest BCUT2D eigenvalue weighted by Gasteiger charge is 2.17. The molecule has 0 aliphatic carbocycles. The molecule has 0 aliphatic heterocycles. The van der Waals surface area contributed by atoms with E-state index in [1.807, 2.05) is 18.2 Å². The Morgan fingerprint density at radius 3 is 2.71 bits per heavy atom. The Balaban J connectivity index is 2.21. The van der Waals surface area contributed by atoms with Crippen molar-refractivity contribution in [2.45, 2.75) is 13.0 Å². The van der Waals surface area contributed by atoms with E-state index in [9.17, 15) is 9.18 Å². The van der Waals surface area contributed by atoms with Gasteiger partial charge in [0.05, 0.1) is 18.7 Å². The maximum absolute atomic E-state index is 13.7. The van der Waals surface area contributed by atoms with Gasteiger partial charge < -0.3 is 10.1 Å². The van der Waals surface area contributed by atoms with Crippen LogP contribution < -0.4 is 10.1 Å². The second-order valence-electron chi connectivity index (χ2n) is 4.56. The molecule has 5 heteroatoms. The van der Waals surface area contributed by atoms with E-state index in [2.05, 4.69) is 5.32 Å². The molecule has 21 heavy (non-hydrogen) atoms. The minimum atomic E-state index is -0.607. The number of rotatable bonds is 4. The van der Waals surface area contributed by atoms with E-state index < -0.39 is 11.7 Å². The predicted molar refractivity (Wildman–Crippen MR) is 80.3 cm³/mol. The molecular formula is C16H15ClFNO2. The van der Waals surface area contributed by atoms with E-state index in [4.69, 9.17) is 16.3 Å². The van der Waals surface area contributed by atoms with Crippen LogP contribution in [0.2, 0.25) is 5.02 Å². The summed E-state index contributed by atoms with van der Waals surface area (Å²) >= 11 is 5.80. The maximum Gasteiger partial charge on any atom is 0.254 e. The van der Waals surface area contributed by atoms with E-state index in [1.165, 1.54) is 18.2 Å². The number of nitrogens with one attached hydrogen (secondary N) is 1. The number of carbonyl (C=O) groups is 1. The average Bonchev–Trinajstić information content (AvgIpc) is 2.49. The molecule has 0 bridgehead atoms. The van der Waals surface area contributed by atoms with Crippen LogP contribution in [0.15, 0.2) is 42.5 Å². The summed E-state index contributed by atoms with van der Waals surface area (Å²) in [5, 5.41) is 3.05. The normalized spacial score (nSPS) is 11.8. The van der Waals surface area contributed by atoms with Crippen LogP contribution in [0.3, 0.4) is 0 Å². The number of benzene rings is 2. The molecule has 0 unspecified atom stereocenters. The summed E-state index contributed by atoms with van der Waals surface area (Å²) in [7, 11) is 1.56. The lowest BCUT2D eigenvalue weighted by molar-refractivity contribution is 0.0935. The summed E-state index contributed by atoms with van der Waals surface area (Å²) in [4.78, 5) is 12.2. The zero-order valence-corrected chi connectivity index (χ0v) is 12.4. The average molecular weight is 308 g/mol. The Morgan fingerprint density at radius 1 is 1.29 bits per heavy atom. The number of carbonyl (C=O) groups excluding carboxylic acids is 1. The van der Waals surface area contributed by atoms with Gasteiger partial charge in [0.15, 0.2) is 0 Å². The number of para-hydroxylation sites is 1. The van der Waals surface area contributed by atoms with Crippen LogP contribution >= 0.6 is 11.6 Å². The molecule has 2 aromatic rings. The van der Waals surface area contributed by atoms with Crippen LogP contribution in [-0.2, 0) is 0 Å². The van der Waals surface area contributed by atoms with Crippen molar-refractivity contribution in [2.75, 3.05) is 7.11 Å². The molecule has 110 valence electrons. The van der Waals surface area contributed by atoms with Crippen molar-refractivity contribution in [3.8, 4) is 5.75 Å². The van der Waals surface area contributed by atoms with Gasteiger partial charge in [-0.3, -0.25) is 4.79 Å². The van der Waals surface area contributed by atoms with Gasteiger partial charge in [-0.1, -0.05) is 29.8 Å². The van der Waals surface area contributed by atoms with E-state index in [0.29, 0.717) is 10.8 Å². The van der Waals surface area contributed by atoms with Gasteiger partial charge in [0.2, 0.25) is 0 Å². The lowest BCUT2D eigenvalue weighted by atomic mass is 10.1. The fourth-order valence-electron chi connectivity index (χ4n) is 2.05. The summed E-state index contributed by atoms with van der Waals surface area (Å²) in [5.41, 5.74) is 0.736. The molecule has 2 rings (SSSR count). The molecule has 0 fully saturated rings. The molecule has 3 nitrogen and oxygen atoms in total. The fraction of sp³-hybridized carbons (Fsp3) is 0.188. The van der Waals surface area contributed by atoms with E-state index in [0.717, 1.165) is 5.56 Å². The van der Waals surface area contributed by atoms with Crippen molar-refractivity contribution in [2.24, 2.45) is 0 Å². The first-order valence-electron chi connectivity index (χ1n) is 6.41. The first-order valence-corrected chi connectivity index (χ1v) is 6.79. The van der Waals surface area contributed by atoms with Crippen molar-refractivity contribution in [1.82, 2.24) is 5.32 Å². The largest absolute Gasteiger partial charge is 0.496 e. The minimum Gasteiger partial charge on any atom is -0.496 e. The van der Waals surface area contributed by atoms with Crippen LogP contribution in [-0.4, -0.2) is 13.0 Å². The van der Waals surface area contributed by atoms with Crippen molar-refractivity contribution in [3.05, 3.63) is 64.4 Å². The molecule has 0 saturated carbocycles. The zero-order chi connectivity index (χ0) is 15.4. The summed E-state index contributed by atoms with van der Waals surface area (Å²) in [5.74, 6) is -0.464. The lowest BCUT2D eigenvalue weighted by Gasteiger charge is -2.17. The molecule has 1 N–H and O–H groups in total. The topological polar surface area (TPSA) is 38.3 Å². The van der Waals surface area contributed by atoms with Crippen LogP contribution in [0.4, 0.5) is 4.39 Å². The standard InChI is InChI=1S/C16H15ClFNO2/c1-10(12-5-3-4-6-15(12)21-2)19-16(20)13-9-11(17)7-8-14(13)18/h3-10H,1-2H3,(H,19,20)/t10-/m1/s1. The lowest BCUT2D eigenvalue weighted by Crippen LogP contribution is -2.27. The Hall–Kier alpha value is -2.07. The maximum atomic E-state index is 13.7. The van der Waals surface area contributed by atoms with Crippen molar-refractivity contribution in [1.29, 1.82) is 0 Å². The second-order valence-corrected chi connectivity index (χ2v) is 5.00. The number of halogens is 2. The van der Waals surface area contributed by atoms with Gasteiger partial charge in [0.25, 0.3) is 5.91 Å². The highest BCUT2D eigenvalue weighted by Crippen LogP contribution is 2.25. The smallest absolute Gasteiger partial charge is 0.254 e. The molecule has 0 aliphatic rings. The number of amides is 1. The third-order valence-electron chi connectivity index (χ3n) is 3.13. The number of hydrogen-bond donors (Lipinski definition) is 1. The van der Waals surface area contributed by atoms with Crippen LogP contribution in [0.25, 0.3) is 0 Å². The first kappa shape index (κ1) is 15.3. The first-order chi connectivity index (χ1) is 10.0. The molecule has 1 amide bonds. The highest BCUT2D eigenvalue weighted by atomic mass is 35.5. The molecule has 0 aromatic heterocycles. The van der Waals surface area contributed by atoms with Crippen LogP contribution in [0.1, 0.15) is 28.9 Å². The summed E-state index contributed by atoms with van der Waals surface area (Å²) in [6.07, 6.45) is 0. The predicted octanol–water partition coefficient (Wildman–Crippen LogP) is 3.98. The minimum absolute atomic E-state index is 0.0794. The third-order valence-corrected chi connectivity index (χ3v) is 3.36. The Bertz CT molecular complexity index is 660. The van der Waals surface area contributed by atoms with E-state index in [1.54, 1.807) is 20.1 Å². The molecule has 0 saturated heterocycles. The van der Waals surface area contributed by atoms with Gasteiger partial charge in [-0.25, -0.2) is 4.39 Å². The Kier molecular flexibility index (Phi) is 4.81. The Labute approximate surface area is 127 Å². The number of methoxy groups -OCH3 is 1. The van der Waals surface area contributed by atoms with Crippen LogP contribution in [0.5, 0.6) is 5.75 Å². The fourth-order valence-corrected chi connectivity index (χ4v) is 2.22. The van der Waals surface area contributed by atoms with Gasteiger partial charge >= 0.3 is 0 Å². The number of hydrogen-bond acceptors (Lipinski definition) is 2. The molecule has 1 atom stereocenters. The van der Waals surface area contributed by atoms with E-state index in [-0.39, 0.29) is 11.6 Å². The van der Waals surface area contributed by atoms with E-state index >= 15 is 0 Å². The monoisotopic (exact) mass is 307 g/mol. The number of ether oxygens (including phenoxy) is 1. The summed E-state index contributed by atoms with van der Waals surface area (Å²) < 4.78 is 18.9. The molecular weight excluding hydrogens is 293 g/mol. The third kappa shape index (κ3) is 3.52. The second kappa shape index (κ2) is 6.59. The zero-order valence-electron chi connectivity index (χ0n) is 11.7. The quantitative estimate of drug-likeness (QED) is 0.928. The molecule has 0 heterocycles. The molecule has 2 aromatic carbocycles. The van der Waals surface area contributed by atoms with Crippen molar-refractivity contribution >= 4 is 17.5 Å². The van der Waals surface area contributed by atoms with Gasteiger partial charge in [0.1, 0.15) is 11.6 Å². The molecule has 0 radical (unpaired) electrons. The van der Waals surface area contributed by atoms with Gasteiger partial charge in [-0.05, 0) is 31.2 Å². The SMILES string of the molecule is COc1ccccc1[C@@H](C)NC(=O)c1cc(Cl)ccc1F.